The predicted molar refractivity (Wildman–Crippen MR) is 70.8 cm³/mol. The van der Waals surface area contributed by atoms with Gasteiger partial charge in [0.15, 0.2) is 0 Å². The molecule has 4 atom stereocenters. The smallest absolute Gasteiger partial charge is 0.0116 e. The Balaban J connectivity index is 1.67. The summed E-state index contributed by atoms with van der Waals surface area (Å²) in [5, 5.41) is 0.931. The van der Waals surface area contributed by atoms with Gasteiger partial charge in [0.05, 0.1) is 0 Å². The van der Waals surface area contributed by atoms with Crippen molar-refractivity contribution >= 4 is 11.8 Å². The Hall–Kier alpha value is 0.270. The lowest BCUT2D eigenvalue weighted by atomic mass is 9.96. The molecule has 2 bridgehead atoms. The summed E-state index contributed by atoms with van der Waals surface area (Å²) >= 11 is 2.07. The Morgan fingerprint density at radius 2 is 1.50 bits per heavy atom. The van der Waals surface area contributed by atoms with Crippen LogP contribution in [-0.4, -0.2) is 40.6 Å². The molecule has 0 radical (unpaired) electrons. The maximum absolute atomic E-state index is 6.14. The molecule has 2 N–H and O–H groups in total. The third kappa shape index (κ3) is 1.91. The first-order valence-corrected chi connectivity index (χ1v) is 8.12. The van der Waals surface area contributed by atoms with E-state index in [1.54, 1.807) is 0 Å². The van der Waals surface area contributed by atoms with E-state index in [0.717, 1.165) is 23.4 Å². The van der Waals surface area contributed by atoms with Gasteiger partial charge in [-0.05, 0) is 51.2 Å². The van der Waals surface area contributed by atoms with Crippen LogP contribution in [0, 0.1) is 0 Å². The lowest BCUT2D eigenvalue weighted by molar-refractivity contribution is 0.0803. The van der Waals surface area contributed by atoms with Crippen LogP contribution in [0.1, 0.15) is 44.9 Å². The van der Waals surface area contributed by atoms with Crippen LogP contribution in [0.3, 0.4) is 0 Å². The fraction of sp³-hybridized carbons (Fsp3) is 1.00. The third-order valence-corrected chi connectivity index (χ3v) is 6.03. The monoisotopic (exact) mass is 240 g/mol. The van der Waals surface area contributed by atoms with Crippen molar-refractivity contribution in [2.24, 2.45) is 5.73 Å². The van der Waals surface area contributed by atoms with Crippen LogP contribution in [0.15, 0.2) is 0 Å². The van der Waals surface area contributed by atoms with Gasteiger partial charge in [0, 0.05) is 29.4 Å². The lowest BCUT2D eigenvalue weighted by Crippen LogP contribution is -2.51. The van der Waals surface area contributed by atoms with E-state index in [-0.39, 0.29) is 0 Å². The summed E-state index contributed by atoms with van der Waals surface area (Å²) in [6, 6.07) is 3.05. The van der Waals surface area contributed by atoms with Gasteiger partial charge in [0.25, 0.3) is 0 Å². The average Bonchev–Trinajstić information content (AvgIpc) is 2.81. The molecule has 0 aromatic rings. The number of hydrogen-bond acceptors (Lipinski definition) is 3. The number of thioether (sulfide) groups is 1. The zero-order valence-electron chi connectivity index (χ0n) is 10.3. The van der Waals surface area contributed by atoms with Gasteiger partial charge in [-0.1, -0.05) is 0 Å². The molecule has 2 heterocycles. The molecular formula is C13H24N2S. The van der Waals surface area contributed by atoms with Gasteiger partial charge in [-0.15, -0.1) is 0 Å². The first kappa shape index (κ1) is 11.4. The van der Waals surface area contributed by atoms with E-state index in [0.29, 0.717) is 6.04 Å². The Morgan fingerprint density at radius 3 is 2.06 bits per heavy atom. The molecule has 1 aliphatic carbocycles. The quantitative estimate of drug-likeness (QED) is 0.802. The molecule has 0 spiro atoms. The molecule has 3 rings (SSSR count). The highest BCUT2D eigenvalue weighted by Crippen LogP contribution is 2.42. The molecular weight excluding hydrogens is 216 g/mol. The molecule has 2 aliphatic heterocycles. The van der Waals surface area contributed by atoms with Crippen molar-refractivity contribution < 1.29 is 0 Å². The maximum atomic E-state index is 6.14. The van der Waals surface area contributed by atoms with Gasteiger partial charge in [-0.25, -0.2) is 0 Å². The highest BCUT2D eigenvalue weighted by Gasteiger charge is 2.44. The van der Waals surface area contributed by atoms with E-state index in [4.69, 9.17) is 5.73 Å². The lowest BCUT2D eigenvalue weighted by Gasteiger charge is -2.41. The van der Waals surface area contributed by atoms with Crippen LogP contribution in [0.2, 0.25) is 0 Å². The van der Waals surface area contributed by atoms with Gasteiger partial charge >= 0.3 is 0 Å². The molecule has 3 heteroatoms. The highest BCUT2D eigenvalue weighted by atomic mass is 32.2. The van der Waals surface area contributed by atoms with Gasteiger partial charge in [0.1, 0.15) is 0 Å². The van der Waals surface area contributed by atoms with Crippen LogP contribution in [0.25, 0.3) is 0 Å². The molecule has 16 heavy (non-hydrogen) atoms. The third-order valence-electron chi connectivity index (χ3n) is 4.94. The summed E-state index contributed by atoms with van der Waals surface area (Å²) in [6.07, 6.45) is 11.9. The Labute approximate surface area is 103 Å². The second kappa shape index (κ2) is 4.51. The summed E-state index contributed by atoms with van der Waals surface area (Å²) < 4.78 is 0. The molecule has 3 aliphatic rings. The summed E-state index contributed by atoms with van der Waals surface area (Å²) in [5.74, 6) is 0. The SMILES string of the molecule is CSC1CCC(N2C3CCC2CC(N)C3)C1. The predicted octanol–water partition coefficient (Wildman–Crippen LogP) is 2.22. The highest BCUT2D eigenvalue weighted by molar-refractivity contribution is 7.99. The van der Waals surface area contributed by atoms with Crippen molar-refractivity contribution in [3.05, 3.63) is 0 Å². The molecule has 2 nitrogen and oxygen atoms in total. The van der Waals surface area contributed by atoms with E-state index >= 15 is 0 Å². The molecule has 4 unspecified atom stereocenters. The van der Waals surface area contributed by atoms with Crippen molar-refractivity contribution in [1.82, 2.24) is 4.90 Å². The molecule has 0 aromatic heterocycles. The molecule has 1 saturated carbocycles. The van der Waals surface area contributed by atoms with Crippen molar-refractivity contribution in [1.29, 1.82) is 0 Å². The topological polar surface area (TPSA) is 29.3 Å². The van der Waals surface area contributed by atoms with Gasteiger partial charge in [0.2, 0.25) is 0 Å². The minimum Gasteiger partial charge on any atom is -0.328 e. The molecule has 2 saturated heterocycles. The van der Waals surface area contributed by atoms with E-state index in [2.05, 4.69) is 22.9 Å². The van der Waals surface area contributed by atoms with E-state index in [9.17, 15) is 0 Å². The molecule has 3 fully saturated rings. The molecule has 0 aromatic carbocycles. The number of nitrogens with zero attached hydrogens (tertiary/aromatic N) is 1. The van der Waals surface area contributed by atoms with Gasteiger partial charge < -0.3 is 5.73 Å². The fourth-order valence-corrected chi connectivity index (χ4v) is 5.04. The number of nitrogens with two attached hydrogens (primary N) is 1. The second-order valence-corrected chi connectivity index (χ2v) is 7.03. The number of hydrogen-bond donors (Lipinski definition) is 1. The van der Waals surface area contributed by atoms with E-state index in [1.165, 1.54) is 44.9 Å². The van der Waals surface area contributed by atoms with Crippen molar-refractivity contribution in [3.63, 3.8) is 0 Å². The van der Waals surface area contributed by atoms with E-state index in [1.807, 2.05) is 0 Å². The average molecular weight is 240 g/mol. The fourth-order valence-electron chi connectivity index (χ4n) is 4.25. The van der Waals surface area contributed by atoms with Crippen molar-refractivity contribution in [2.75, 3.05) is 6.26 Å². The van der Waals surface area contributed by atoms with Crippen LogP contribution in [0.4, 0.5) is 0 Å². The van der Waals surface area contributed by atoms with Gasteiger partial charge in [-0.3, -0.25) is 4.90 Å². The van der Waals surface area contributed by atoms with Crippen molar-refractivity contribution in [2.45, 2.75) is 74.4 Å². The molecule has 0 amide bonds. The van der Waals surface area contributed by atoms with Crippen LogP contribution in [0.5, 0.6) is 0 Å². The summed E-state index contributed by atoms with van der Waals surface area (Å²) in [7, 11) is 0. The summed E-state index contributed by atoms with van der Waals surface area (Å²) in [4.78, 5) is 2.87. The van der Waals surface area contributed by atoms with Crippen LogP contribution < -0.4 is 5.73 Å². The standard InChI is InChI=1S/C13H24N2S/c1-16-13-5-4-12(8-13)15-10-2-3-11(15)7-9(14)6-10/h9-13H,2-8,14H2,1H3. The Kier molecular flexibility index (Phi) is 3.20. The van der Waals surface area contributed by atoms with Gasteiger partial charge in [-0.2, -0.15) is 11.8 Å². The number of piperidine rings is 1. The second-order valence-electron chi connectivity index (χ2n) is 5.89. The van der Waals surface area contributed by atoms with Crippen LogP contribution >= 0.6 is 11.8 Å². The minimum atomic E-state index is 0.492. The van der Waals surface area contributed by atoms with Crippen LogP contribution in [-0.2, 0) is 0 Å². The normalized spacial score (nSPS) is 48.8. The zero-order valence-corrected chi connectivity index (χ0v) is 11.1. The van der Waals surface area contributed by atoms with Crippen molar-refractivity contribution in [3.8, 4) is 0 Å². The summed E-state index contributed by atoms with van der Waals surface area (Å²) in [5.41, 5.74) is 6.14. The zero-order chi connectivity index (χ0) is 11.1. The molecule has 92 valence electrons. The first-order chi connectivity index (χ1) is 7.78. The van der Waals surface area contributed by atoms with E-state index < -0.39 is 0 Å². The number of fused-ring (bicyclic) bond motifs is 2. The largest absolute Gasteiger partial charge is 0.328 e. The maximum Gasteiger partial charge on any atom is 0.0116 e. The minimum absolute atomic E-state index is 0.492. The number of rotatable bonds is 2. The Bertz CT molecular complexity index is 244. The Morgan fingerprint density at radius 1 is 0.938 bits per heavy atom. The summed E-state index contributed by atoms with van der Waals surface area (Å²) in [6.45, 7) is 0. The first-order valence-electron chi connectivity index (χ1n) is 6.83.